The lowest BCUT2D eigenvalue weighted by atomic mass is 10.0. The predicted molar refractivity (Wildman–Crippen MR) is 95.8 cm³/mol. The molecule has 2 aliphatic rings. The Morgan fingerprint density at radius 3 is 2.56 bits per heavy atom. The predicted octanol–water partition coefficient (Wildman–Crippen LogP) is 3.04. The Morgan fingerprint density at radius 1 is 1.08 bits per heavy atom. The van der Waals surface area contributed by atoms with Crippen LogP contribution in [0.3, 0.4) is 0 Å². The zero-order valence-corrected chi connectivity index (χ0v) is 14.3. The van der Waals surface area contributed by atoms with Crippen LogP contribution in [0.1, 0.15) is 19.3 Å². The number of hydrogen-bond acceptors (Lipinski definition) is 5. The Balaban J connectivity index is 1.57. The van der Waals surface area contributed by atoms with Gasteiger partial charge >= 0.3 is 0 Å². The van der Waals surface area contributed by atoms with Crippen LogP contribution in [0.2, 0.25) is 0 Å². The standard InChI is InChI=1S/C19H21N5O/c1-25-16-7-5-13(6-8-16)17-9-18(19-21-20-12-24(19)22-17)23-10-14-3-2-4-15(14)11-23/h5-9,12,14-15H,2-4,10-11H2,1H3/t14-,15+. The molecule has 1 aromatic carbocycles. The van der Waals surface area contributed by atoms with Crippen LogP contribution in [-0.4, -0.2) is 40.0 Å². The number of hydrogen-bond donors (Lipinski definition) is 0. The Bertz CT molecular complexity index is 892. The molecule has 6 heteroatoms. The van der Waals surface area contributed by atoms with Gasteiger partial charge in [0.2, 0.25) is 5.65 Å². The first-order valence-electron chi connectivity index (χ1n) is 8.92. The van der Waals surface area contributed by atoms with Crippen molar-refractivity contribution in [3.05, 3.63) is 36.7 Å². The van der Waals surface area contributed by atoms with E-state index >= 15 is 0 Å². The lowest BCUT2D eigenvalue weighted by Gasteiger charge is -2.20. The van der Waals surface area contributed by atoms with Gasteiger partial charge < -0.3 is 9.64 Å². The average molecular weight is 335 g/mol. The highest BCUT2D eigenvalue weighted by atomic mass is 16.5. The lowest BCUT2D eigenvalue weighted by molar-refractivity contribution is 0.415. The normalized spacial score (nSPS) is 22.5. The maximum Gasteiger partial charge on any atom is 0.200 e. The van der Waals surface area contributed by atoms with Crippen LogP contribution in [-0.2, 0) is 0 Å². The summed E-state index contributed by atoms with van der Waals surface area (Å²) in [7, 11) is 1.68. The molecule has 2 atom stereocenters. The summed E-state index contributed by atoms with van der Waals surface area (Å²) < 4.78 is 7.05. The Labute approximate surface area is 146 Å². The third kappa shape index (κ3) is 2.44. The molecule has 0 amide bonds. The summed E-state index contributed by atoms with van der Waals surface area (Å²) in [6.07, 6.45) is 5.79. The number of nitrogens with zero attached hydrogens (tertiary/aromatic N) is 5. The van der Waals surface area contributed by atoms with Crippen molar-refractivity contribution in [2.45, 2.75) is 19.3 Å². The lowest BCUT2D eigenvalue weighted by Crippen LogP contribution is -2.22. The Kier molecular flexibility index (Phi) is 3.36. The minimum absolute atomic E-state index is 0.834. The molecule has 0 spiro atoms. The summed E-state index contributed by atoms with van der Waals surface area (Å²) >= 11 is 0. The molecule has 0 radical (unpaired) electrons. The molecule has 1 saturated heterocycles. The van der Waals surface area contributed by atoms with E-state index in [-0.39, 0.29) is 0 Å². The Morgan fingerprint density at radius 2 is 1.84 bits per heavy atom. The van der Waals surface area contributed by atoms with Crippen LogP contribution in [0.25, 0.3) is 16.9 Å². The van der Waals surface area contributed by atoms with Gasteiger partial charge in [-0.25, -0.2) is 0 Å². The van der Waals surface area contributed by atoms with Crippen LogP contribution >= 0.6 is 0 Å². The molecule has 1 saturated carbocycles. The average Bonchev–Trinajstić information content (AvgIpc) is 3.36. The molecule has 25 heavy (non-hydrogen) atoms. The highest BCUT2D eigenvalue weighted by molar-refractivity contribution is 5.74. The van der Waals surface area contributed by atoms with Crippen LogP contribution in [0.4, 0.5) is 5.69 Å². The fourth-order valence-electron chi connectivity index (χ4n) is 4.38. The second kappa shape index (κ2) is 5.72. The topological polar surface area (TPSA) is 55.5 Å². The molecule has 2 fully saturated rings. The number of benzene rings is 1. The molecule has 6 nitrogen and oxygen atoms in total. The van der Waals surface area contributed by atoms with Crippen LogP contribution < -0.4 is 9.64 Å². The molecule has 5 rings (SSSR count). The van der Waals surface area contributed by atoms with E-state index in [1.807, 2.05) is 24.3 Å². The second-order valence-electron chi connectivity index (χ2n) is 7.10. The zero-order valence-electron chi connectivity index (χ0n) is 14.3. The number of fused-ring (bicyclic) bond motifs is 2. The van der Waals surface area contributed by atoms with E-state index < -0.39 is 0 Å². The monoisotopic (exact) mass is 335 g/mol. The van der Waals surface area contributed by atoms with Crippen molar-refractivity contribution in [3.8, 4) is 17.0 Å². The van der Waals surface area contributed by atoms with Crippen molar-refractivity contribution in [2.24, 2.45) is 11.8 Å². The van der Waals surface area contributed by atoms with Gasteiger partial charge in [-0.05, 0) is 55.0 Å². The second-order valence-corrected chi connectivity index (χ2v) is 7.10. The molecule has 0 unspecified atom stereocenters. The summed E-state index contributed by atoms with van der Waals surface area (Å²) in [5.74, 6) is 2.52. The fourth-order valence-corrected chi connectivity index (χ4v) is 4.38. The van der Waals surface area contributed by atoms with E-state index in [1.165, 1.54) is 19.3 Å². The molecule has 2 aromatic heterocycles. The van der Waals surface area contributed by atoms with Gasteiger partial charge in [0, 0.05) is 18.7 Å². The van der Waals surface area contributed by atoms with E-state index in [1.54, 1.807) is 18.0 Å². The highest BCUT2D eigenvalue weighted by Gasteiger charge is 2.37. The third-order valence-electron chi connectivity index (χ3n) is 5.70. The number of aromatic nitrogens is 4. The maximum absolute atomic E-state index is 5.26. The summed E-state index contributed by atoms with van der Waals surface area (Å²) in [6.45, 7) is 2.25. The van der Waals surface area contributed by atoms with Crippen LogP contribution in [0.5, 0.6) is 5.75 Å². The van der Waals surface area contributed by atoms with Crippen molar-refractivity contribution in [3.63, 3.8) is 0 Å². The van der Waals surface area contributed by atoms with E-state index in [2.05, 4.69) is 26.3 Å². The SMILES string of the molecule is COc1ccc(-c2cc(N3C[C@H]4CCC[C@H]4C3)c3nncn3n2)cc1. The van der Waals surface area contributed by atoms with Crippen LogP contribution in [0.15, 0.2) is 36.7 Å². The molecule has 1 aliphatic carbocycles. The van der Waals surface area contributed by atoms with Gasteiger partial charge in [-0.3, -0.25) is 0 Å². The maximum atomic E-state index is 5.26. The van der Waals surface area contributed by atoms with Gasteiger partial charge in [0.25, 0.3) is 0 Å². The Hall–Kier alpha value is -2.63. The molecule has 3 heterocycles. The van der Waals surface area contributed by atoms with E-state index in [0.29, 0.717) is 0 Å². The third-order valence-corrected chi connectivity index (χ3v) is 5.70. The van der Waals surface area contributed by atoms with Crippen molar-refractivity contribution in [1.29, 1.82) is 0 Å². The van der Waals surface area contributed by atoms with Gasteiger partial charge in [-0.1, -0.05) is 6.42 Å². The van der Waals surface area contributed by atoms with Crippen molar-refractivity contribution in [1.82, 2.24) is 19.8 Å². The quantitative estimate of drug-likeness (QED) is 0.736. The zero-order chi connectivity index (χ0) is 16.8. The van der Waals surface area contributed by atoms with Gasteiger partial charge in [-0.15, -0.1) is 10.2 Å². The highest BCUT2D eigenvalue weighted by Crippen LogP contribution is 2.40. The number of anilines is 1. The van der Waals surface area contributed by atoms with Crippen molar-refractivity contribution < 1.29 is 4.74 Å². The van der Waals surface area contributed by atoms with Gasteiger partial charge in [0.15, 0.2) is 0 Å². The molecule has 128 valence electrons. The van der Waals surface area contributed by atoms with Gasteiger partial charge in [0.1, 0.15) is 12.1 Å². The van der Waals surface area contributed by atoms with Gasteiger partial charge in [0.05, 0.1) is 18.5 Å². The van der Waals surface area contributed by atoms with E-state index in [0.717, 1.165) is 53.3 Å². The summed E-state index contributed by atoms with van der Waals surface area (Å²) in [5, 5.41) is 13.1. The minimum atomic E-state index is 0.834. The smallest absolute Gasteiger partial charge is 0.200 e. The van der Waals surface area contributed by atoms with Gasteiger partial charge in [-0.2, -0.15) is 9.61 Å². The van der Waals surface area contributed by atoms with E-state index in [4.69, 9.17) is 4.74 Å². The molecule has 0 bridgehead atoms. The first kappa shape index (κ1) is 14.7. The first-order chi connectivity index (χ1) is 12.3. The number of rotatable bonds is 3. The molecular weight excluding hydrogens is 314 g/mol. The van der Waals surface area contributed by atoms with Crippen molar-refractivity contribution >= 4 is 11.3 Å². The molecule has 0 N–H and O–H groups in total. The van der Waals surface area contributed by atoms with E-state index in [9.17, 15) is 0 Å². The first-order valence-corrected chi connectivity index (χ1v) is 8.92. The van der Waals surface area contributed by atoms with Crippen molar-refractivity contribution in [2.75, 3.05) is 25.1 Å². The summed E-state index contributed by atoms with van der Waals surface area (Å²) in [5.41, 5.74) is 3.99. The minimum Gasteiger partial charge on any atom is -0.497 e. The molecule has 3 aromatic rings. The number of ether oxygens (including phenoxy) is 1. The molecule has 1 aliphatic heterocycles. The van der Waals surface area contributed by atoms with Crippen LogP contribution in [0, 0.1) is 11.8 Å². The largest absolute Gasteiger partial charge is 0.497 e. The number of methoxy groups -OCH3 is 1. The summed E-state index contributed by atoms with van der Waals surface area (Å²) in [4.78, 5) is 2.48. The summed E-state index contributed by atoms with van der Waals surface area (Å²) in [6, 6.07) is 10.2. The molecular formula is C19H21N5O. The fraction of sp³-hybridized carbons (Fsp3) is 0.421.